The molecule has 2 aromatic carbocycles. The van der Waals surface area contributed by atoms with Crippen LogP contribution in [-0.2, 0) is 6.42 Å². The lowest BCUT2D eigenvalue weighted by atomic mass is 9.86. The Morgan fingerprint density at radius 2 is 1.50 bits per heavy atom. The van der Waals surface area contributed by atoms with E-state index in [-0.39, 0.29) is 0 Å². The third kappa shape index (κ3) is 1.96. The van der Waals surface area contributed by atoms with Crippen molar-refractivity contribution in [1.82, 2.24) is 0 Å². The van der Waals surface area contributed by atoms with Crippen LogP contribution in [0.1, 0.15) is 42.5 Å². The zero-order valence-electron chi connectivity index (χ0n) is 11.9. The van der Waals surface area contributed by atoms with E-state index in [1.54, 1.807) is 5.56 Å². The molecule has 0 amide bonds. The predicted octanol–water partition coefficient (Wildman–Crippen LogP) is 5.44. The van der Waals surface area contributed by atoms with Crippen LogP contribution in [-0.4, -0.2) is 0 Å². The average molecular weight is 238 g/mol. The van der Waals surface area contributed by atoms with Crippen molar-refractivity contribution in [3.63, 3.8) is 0 Å². The molecule has 3 rings (SSSR count). The van der Waals surface area contributed by atoms with Gasteiger partial charge in [-0.1, -0.05) is 50.3 Å². The Balaban J connectivity index is 0.000000574. The molecule has 0 saturated heterocycles. The average Bonchev–Trinajstić information content (AvgIpc) is 2.47. The number of allylic oxidation sites excluding steroid dienone is 1. The summed E-state index contributed by atoms with van der Waals surface area (Å²) >= 11 is 0. The molecule has 0 fully saturated rings. The SMILES string of the molecule is CC.Cc1c2c(c(C)c3ccccc13)CCC=C2. The molecule has 0 heterocycles. The largest absolute Gasteiger partial charge is 0.0836 e. The van der Waals surface area contributed by atoms with Gasteiger partial charge in [-0.15, -0.1) is 0 Å². The predicted molar refractivity (Wildman–Crippen MR) is 82.1 cm³/mol. The van der Waals surface area contributed by atoms with Crippen LogP contribution in [0.2, 0.25) is 0 Å². The molecule has 0 aromatic heterocycles. The van der Waals surface area contributed by atoms with Gasteiger partial charge >= 0.3 is 0 Å². The van der Waals surface area contributed by atoms with Gasteiger partial charge in [-0.3, -0.25) is 0 Å². The molecule has 0 bridgehead atoms. The smallest absolute Gasteiger partial charge is 0.0146 e. The highest BCUT2D eigenvalue weighted by atomic mass is 14.2. The summed E-state index contributed by atoms with van der Waals surface area (Å²) in [6.07, 6.45) is 6.98. The van der Waals surface area contributed by atoms with Crippen molar-refractivity contribution in [2.24, 2.45) is 0 Å². The zero-order chi connectivity index (χ0) is 13.1. The normalized spacial score (nSPS) is 12.9. The van der Waals surface area contributed by atoms with Crippen molar-refractivity contribution >= 4 is 16.8 Å². The summed E-state index contributed by atoms with van der Waals surface area (Å²) in [5, 5.41) is 2.83. The summed E-state index contributed by atoms with van der Waals surface area (Å²) in [5.41, 5.74) is 5.92. The fourth-order valence-electron chi connectivity index (χ4n) is 2.85. The van der Waals surface area contributed by atoms with Crippen LogP contribution < -0.4 is 0 Å². The molecular formula is C18H22. The van der Waals surface area contributed by atoms with E-state index in [2.05, 4.69) is 50.3 Å². The van der Waals surface area contributed by atoms with Gasteiger partial charge in [0, 0.05) is 0 Å². The van der Waals surface area contributed by atoms with Crippen molar-refractivity contribution < 1.29 is 0 Å². The fraction of sp³-hybridized carbons (Fsp3) is 0.333. The lowest BCUT2D eigenvalue weighted by molar-refractivity contribution is 0.972. The molecule has 1 aliphatic rings. The van der Waals surface area contributed by atoms with Crippen molar-refractivity contribution in [3.05, 3.63) is 52.6 Å². The van der Waals surface area contributed by atoms with Gasteiger partial charge < -0.3 is 0 Å². The van der Waals surface area contributed by atoms with Gasteiger partial charge in [0.25, 0.3) is 0 Å². The molecular weight excluding hydrogens is 216 g/mol. The fourth-order valence-corrected chi connectivity index (χ4v) is 2.85. The molecule has 0 radical (unpaired) electrons. The quantitative estimate of drug-likeness (QED) is 0.573. The Morgan fingerprint density at radius 1 is 0.889 bits per heavy atom. The summed E-state index contributed by atoms with van der Waals surface area (Å²) in [6, 6.07) is 8.75. The first-order valence-corrected chi connectivity index (χ1v) is 6.96. The first kappa shape index (κ1) is 12.9. The van der Waals surface area contributed by atoms with Crippen LogP contribution in [0.4, 0.5) is 0 Å². The van der Waals surface area contributed by atoms with Crippen LogP contribution in [0, 0.1) is 13.8 Å². The number of benzene rings is 2. The molecule has 0 heteroatoms. The molecule has 94 valence electrons. The monoisotopic (exact) mass is 238 g/mol. The molecule has 0 nitrogen and oxygen atoms in total. The molecule has 2 aromatic rings. The van der Waals surface area contributed by atoms with E-state index in [0.29, 0.717) is 0 Å². The van der Waals surface area contributed by atoms with Crippen LogP contribution in [0.15, 0.2) is 30.3 Å². The van der Waals surface area contributed by atoms with E-state index in [0.717, 1.165) is 0 Å². The maximum Gasteiger partial charge on any atom is -0.0146 e. The minimum absolute atomic E-state index is 1.19. The topological polar surface area (TPSA) is 0 Å². The van der Waals surface area contributed by atoms with Gasteiger partial charge in [-0.05, 0) is 59.7 Å². The van der Waals surface area contributed by atoms with Crippen LogP contribution >= 0.6 is 0 Å². The Hall–Kier alpha value is -1.56. The lowest BCUT2D eigenvalue weighted by Gasteiger charge is -2.19. The number of rotatable bonds is 0. The molecule has 0 atom stereocenters. The van der Waals surface area contributed by atoms with Crippen molar-refractivity contribution in [1.29, 1.82) is 0 Å². The highest BCUT2D eigenvalue weighted by Crippen LogP contribution is 2.33. The third-order valence-corrected chi connectivity index (χ3v) is 3.76. The molecule has 0 aliphatic heterocycles. The Labute approximate surface area is 110 Å². The summed E-state index contributed by atoms with van der Waals surface area (Å²) < 4.78 is 0. The minimum Gasteiger partial charge on any atom is -0.0836 e. The van der Waals surface area contributed by atoms with E-state index in [4.69, 9.17) is 0 Å². The van der Waals surface area contributed by atoms with Crippen molar-refractivity contribution in [3.8, 4) is 0 Å². The number of hydrogen-bond acceptors (Lipinski definition) is 0. The number of fused-ring (bicyclic) bond motifs is 2. The molecule has 0 N–H and O–H groups in total. The first-order chi connectivity index (χ1) is 8.79. The molecule has 0 unspecified atom stereocenters. The van der Waals surface area contributed by atoms with E-state index in [1.807, 2.05) is 13.8 Å². The second-order valence-corrected chi connectivity index (χ2v) is 4.63. The van der Waals surface area contributed by atoms with Crippen LogP contribution in [0.25, 0.3) is 16.8 Å². The lowest BCUT2D eigenvalue weighted by Crippen LogP contribution is -2.01. The Kier molecular flexibility index (Phi) is 3.86. The summed E-state index contributed by atoms with van der Waals surface area (Å²) in [7, 11) is 0. The molecule has 0 saturated carbocycles. The number of aryl methyl sites for hydroxylation is 2. The van der Waals surface area contributed by atoms with Gasteiger partial charge in [0.15, 0.2) is 0 Å². The highest BCUT2D eigenvalue weighted by molar-refractivity contribution is 5.93. The summed E-state index contributed by atoms with van der Waals surface area (Å²) in [4.78, 5) is 0. The zero-order valence-corrected chi connectivity index (χ0v) is 11.9. The molecule has 18 heavy (non-hydrogen) atoms. The first-order valence-electron chi connectivity index (χ1n) is 6.96. The summed E-state index contributed by atoms with van der Waals surface area (Å²) in [6.45, 7) is 8.51. The minimum atomic E-state index is 1.19. The summed E-state index contributed by atoms with van der Waals surface area (Å²) in [5.74, 6) is 0. The standard InChI is InChI=1S/C16H16.C2H6/c1-11-13-7-3-5-9-15(13)12(2)16-10-6-4-8-14(11)16;1-2/h3-5,7-9H,6,10H2,1-2H3;1-2H3. The maximum absolute atomic E-state index is 2.30. The second kappa shape index (κ2) is 5.39. The van der Waals surface area contributed by atoms with Gasteiger partial charge in [-0.25, -0.2) is 0 Å². The molecule has 0 spiro atoms. The Bertz CT molecular complexity index is 589. The second-order valence-electron chi connectivity index (χ2n) is 4.63. The van der Waals surface area contributed by atoms with Crippen LogP contribution in [0.3, 0.4) is 0 Å². The van der Waals surface area contributed by atoms with Crippen LogP contribution in [0.5, 0.6) is 0 Å². The van der Waals surface area contributed by atoms with E-state index in [9.17, 15) is 0 Å². The van der Waals surface area contributed by atoms with Gasteiger partial charge in [0.1, 0.15) is 0 Å². The maximum atomic E-state index is 2.30. The van der Waals surface area contributed by atoms with Gasteiger partial charge in [0.2, 0.25) is 0 Å². The number of hydrogen-bond donors (Lipinski definition) is 0. The third-order valence-electron chi connectivity index (χ3n) is 3.76. The van der Waals surface area contributed by atoms with Crippen molar-refractivity contribution in [2.75, 3.05) is 0 Å². The van der Waals surface area contributed by atoms with Gasteiger partial charge in [-0.2, -0.15) is 0 Å². The van der Waals surface area contributed by atoms with E-state index < -0.39 is 0 Å². The van der Waals surface area contributed by atoms with Gasteiger partial charge in [0.05, 0.1) is 0 Å². The molecule has 1 aliphatic carbocycles. The highest BCUT2D eigenvalue weighted by Gasteiger charge is 2.13. The van der Waals surface area contributed by atoms with Crippen molar-refractivity contribution in [2.45, 2.75) is 40.5 Å². The van der Waals surface area contributed by atoms with E-state index >= 15 is 0 Å². The Morgan fingerprint density at radius 3 is 2.17 bits per heavy atom. The van der Waals surface area contributed by atoms with E-state index in [1.165, 1.54) is 40.3 Å².